The van der Waals surface area contributed by atoms with Gasteiger partial charge in [-0.3, -0.25) is 14.9 Å². The third-order valence-corrected chi connectivity index (χ3v) is 6.54. The van der Waals surface area contributed by atoms with Crippen molar-refractivity contribution in [2.75, 3.05) is 12.4 Å². The molecule has 10 heteroatoms. The molecule has 0 saturated heterocycles. The summed E-state index contributed by atoms with van der Waals surface area (Å²) in [6, 6.07) is 3.41. The zero-order chi connectivity index (χ0) is 19.7. The van der Waals surface area contributed by atoms with E-state index in [1.54, 1.807) is 12.1 Å². The number of thiocarbonyl (C=S) groups is 1. The molecule has 0 radical (unpaired) electrons. The van der Waals surface area contributed by atoms with Crippen molar-refractivity contribution in [3.63, 3.8) is 0 Å². The molecule has 1 aliphatic rings. The number of aryl methyl sites for hydroxylation is 1. The van der Waals surface area contributed by atoms with Crippen LogP contribution in [0, 0.1) is 0 Å². The molecule has 6 nitrogen and oxygen atoms in total. The molecule has 0 atom stereocenters. The number of nitrogens with two attached hydrogens (primary N) is 1. The Hall–Kier alpha value is -1.49. The van der Waals surface area contributed by atoms with Gasteiger partial charge in [-0.25, -0.2) is 0 Å². The lowest BCUT2D eigenvalue weighted by molar-refractivity contribution is 0.0972. The summed E-state index contributed by atoms with van der Waals surface area (Å²) in [7, 11) is 1.48. The fraction of sp³-hybridized carbons (Fsp3) is 0.235. The van der Waals surface area contributed by atoms with Gasteiger partial charge < -0.3 is 15.8 Å². The molecule has 0 aliphatic heterocycles. The number of carbonyl (C=O) groups excluding carboxylic acids is 2. The van der Waals surface area contributed by atoms with Crippen LogP contribution < -0.4 is 21.1 Å². The van der Waals surface area contributed by atoms with E-state index in [1.807, 2.05) is 0 Å². The van der Waals surface area contributed by atoms with E-state index < -0.39 is 11.8 Å². The fourth-order valence-electron chi connectivity index (χ4n) is 2.99. The van der Waals surface area contributed by atoms with Crippen molar-refractivity contribution < 1.29 is 14.3 Å². The van der Waals surface area contributed by atoms with Gasteiger partial charge in [-0.05, 0) is 65.1 Å². The number of carbonyl (C=O) groups is 2. The van der Waals surface area contributed by atoms with Gasteiger partial charge in [0.25, 0.3) is 11.8 Å². The molecule has 2 aromatic rings. The first-order valence-corrected chi connectivity index (χ1v) is 10.7. The number of hydrogen-bond donors (Lipinski definition) is 3. The van der Waals surface area contributed by atoms with E-state index in [4.69, 9.17) is 22.7 Å². The molecule has 142 valence electrons. The van der Waals surface area contributed by atoms with Crippen molar-refractivity contribution in [3.05, 3.63) is 42.6 Å². The van der Waals surface area contributed by atoms with Crippen LogP contribution >= 0.6 is 55.4 Å². The van der Waals surface area contributed by atoms with Crippen LogP contribution in [0.3, 0.4) is 0 Å². The third kappa shape index (κ3) is 4.18. The van der Waals surface area contributed by atoms with Gasteiger partial charge in [0, 0.05) is 9.35 Å². The quantitative estimate of drug-likeness (QED) is 0.517. The monoisotopic (exact) mass is 531 g/mol. The standard InChI is InChI=1S/C17H15Br2N3O3S2/c1-25-13-9(5-7(18)6-10(13)19)15(24)21-17(26)22-16-12(14(20)23)8-3-2-4-11(8)27-16/h5-6H,2-4H2,1H3,(H2,20,23)(H2,21,22,24,26). The number of nitrogens with one attached hydrogen (secondary N) is 2. The highest BCUT2D eigenvalue weighted by atomic mass is 79.9. The van der Waals surface area contributed by atoms with Gasteiger partial charge in [0.15, 0.2) is 5.11 Å². The Kier molecular flexibility index (Phi) is 6.19. The summed E-state index contributed by atoms with van der Waals surface area (Å²) in [6.07, 6.45) is 2.76. The van der Waals surface area contributed by atoms with Crippen LogP contribution in [0.25, 0.3) is 0 Å². The van der Waals surface area contributed by atoms with E-state index >= 15 is 0 Å². The summed E-state index contributed by atoms with van der Waals surface area (Å²) in [4.78, 5) is 25.6. The van der Waals surface area contributed by atoms with Crippen molar-refractivity contribution in [2.24, 2.45) is 5.73 Å². The Balaban J connectivity index is 1.80. The Morgan fingerprint density at radius 3 is 2.70 bits per heavy atom. The van der Waals surface area contributed by atoms with Crippen molar-refractivity contribution in [1.82, 2.24) is 5.32 Å². The molecule has 2 amide bonds. The van der Waals surface area contributed by atoms with Gasteiger partial charge in [0.05, 0.1) is 22.7 Å². The summed E-state index contributed by atoms with van der Waals surface area (Å²) in [5.41, 5.74) is 7.31. The molecule has 1 heterocycles. The first kappa shape index (κ1) is 20.2. The molecular formula is C17H15Br2N3O3S2. The number of methoxy groups -OCH3 is 1. The Morgan fingerprint density at radius 1 is 1.30 bits per heavy atom. The second-order valence-electron chi connectivity index (χ2n) is 5.80. The van der Waals surface area contributed by atoms with Gasteiger partial charge in [-0.2, -0.15) is 0 Å². The lowest BCUT2D eigenvalue weighted by Crippen LogP contribution is -2.34. The van der Waals surface area contributed by atoms with Gasteiger partial charge in [-0.1, -0.05) is 15.9 Å². The van der Waals surface area contributed by atoms with Crippen molar-refractivity contribution in [1.29, 1.82) is 0 Å². The van der Waals surface area contributed by atoms with E-state index in [9.17, 15) is 9.59 Å². The fourth-order valence-corrected chi connectivity index (χ4v) is 5.94. The molecule has 0 spiro atoms. The normalized spacial score (nSPS) is 12.4. The average Bonchev–Trinajstić information content (AvgIpc) is 3.13. The van der Waals surface area contributed by atoms with Crippen LogP contribution in [-0.2, 0) is 12.8 Å². The lowest BCUT2D eigenvalue weighted by atomic mass is 10.1. The number of anilines is 1. The van der Waals surface area contributed by atoms with Crippen LogP contribution in [0.4, 0.5) is 5.00 Å². The molecule has 4 N–H and O–H groups in total. The van der Waals surface area contributed by atoms with Gasteiger partial charge in [-0.15, -0.1) is 11.3 Å². The molecular weight excluding hydrogens is 518 g/mol. The SMILES string of the molecule is COc1c(Br)cc(Br)cc1C(=O)NC(=S)Nc1sc2c(c1C(N)=O)CCC2. The van der Waals surface area contributed by atoms with Crippen LogP contribution in [0.5, 0.6) is 5.75 Å². The van der Waals surface area contributed by atoms with Crippen LogP contribution in [0.1, 0.15) is 37.6 Å². The largest absolute Gasteiger partial charge is 0.495 e. The first-order valence-electron chi connectivity index (χ1n) is 7.91. The minimum absolute atomic E-state index is 0.0839. The summed E-state index contributed by atoms with van der Waals surface area (Å²) in [5, 5.41) is 6.21. The van der Waals surface area contributed by atoms with Crippen molar-refractivity contribution >= 4 is 77.3 Å². The van der Waals surface area contributed by atoms with E-state index in [0.717, 1.165) is 29.7 Å². The van der Waals surface area contributed by atoms with Gasteiger partial charge in [0.2, 0.25) is 0 Å². The lowest BCUT2D eigenvalue weighted by Gasteiger charge is -2.13. The average molecular weight is 533 g/mol. The number of benzene rings is 1. The van der Waals surface area contributed by atoms with Gasteiger partial charge >= 0.3 is 0 Å². The van der Waals surface area contributed by atoms with Crippen molar-refractivity contribution in [3.8, 4) is 5.75 Å². The minimum atomic E-state index is -0.497. The van der Waals surface area contributed by atoms with Crippen LogP contribution in [-0.4, -0.2) is 24.0 Å². The van der Waals surface area contributed by atoms with Crippen LogP contribution in [0.15, 0.2) is 21.1 Å². The highest BCUT2D eigenvalue weighted by Crippen LogP contribution is 2.39. The molecule has 3 rings (SSSR count). The number of hydrogen-bond acceptors (Lipinski definition) is 5. The Bertz CT molecular complexity index is 959. The number of ether oxygens (including phenoxy) is 1. The number of halogens is 2. The van der Waals surface area contributed by atoms with Crippen LogP contribution in [0.2, 0.25) is 0 Å². The molecule has 0 fully saturated rings. The smallest absolute Gasteiger partial charge is 0.261 e. The summed E-state index contributed by atoms with van der Waals surface area (Å²) in [6.45, 7) is 0. The number of fused-ring (bicyclic) bond motifs is 1. The van der Waals surface area contributed by atoms with E-state index in [2.05, 4.69) is 42.5 Å². The summed E-state index contributed by atoms with van der Waals surface area (Å²) in [5.74, 6) is -0.536. The highest BCUT2D eigenvalue weighted by Gasteiger charge is 2.26. The van der Waals surface area contributed by atoms with Gasteiger partial charge in [0.1, 0.15) is 10.8 Å². The highest BCUT2D eigenvalue weighted by molar-refractivity contribution is 9.11. The number of thiophene rings is 1. The topological polar surface area (TPSA) is 93.4 Å². The second kappa shape index (κ2) is 8.26. The maximum absolute atomic E-state index is 12.6. The predicted molar refractivity (Wildman–Crippen MR) is 117 cm³/mol. The molecule has 1 aromatic heterocycles. The van der Waals surface area contributed by atoms with Crippen molar-refractivity contribution in [2.45, 2.75) is 19.3 Å². The second-order valence-corrected chi connectivity index (χ2v) is 9.09. The van der Waals surface area contributed by atoms with E-state index in [1.165, 1.54) is 18.4 Å². The Morgan fingerprint density at radius 2 is 2.04 bits per heavy atom. The Labute approximate surface area is 182 Å². The van der Waals surface area contributed by atoms with E-state index in [0.29, 0.717) is 30.8 Å². The predicted octanol–water partition coefficient (Wildman–Crippen LogP) is 4.00. The number of amides is 2. The maximum atomic E-state index is 12.6. The molecule has 1 aliphatic carbocycles. The molecule has 0 saturated carbocycles. The number of rotatable bonds is 4. The summed E-state index contributed by atoms with van der Waals surface area (Å²) < 4.78 is 6.64. The zero-order valence-electron chi connectivity index (χ0n) is 14.2. The zero-order valence-corrected chi connectivity index (χ0v) is 19.0. The minimum Gasteiger partial charge on any atom is -0.495 e. The maximum Gasteiger partial charge on any atom is 0.261 e. The van der Waals surface area contributed by atoms with E-state index in [-0.39, 0.29) is 5.11 Å². The summed E-state index contributed by atoms with van der Waals surface area (Å²) >= 11 is 13.4. The molecule has 0 bridgehead atoms. The number of primary amides is 1. The molecule has 1 aromatic carbocycles. The molecule has 27 heavy (non-hydrogen) atoms. The molecule has 0 unspecified atom stereocenters. The first-order chi connectivity index (χ1) is 12.8. The third-order valence-electron chi connectivity index (χ3n) is 4.08.